The van der Waals surface area contributed by atoms with Gasteiger partial charge in [0.2, 0.25) is 0 Å². The molecule has 1 N–H and O–H groups in total. The third-order valence-electron chi connectivity index (χ3n) is 2.33. The van der Waals surface area contributed by atoms with Gasteiger partial charge in [0.05, 0.1) is 12.2 Å². The lowest BCUT2D eigenvalue weighted by Crippen LogP contribution is -2.14. The minimum atomic E-state index is 0.676. The lowest BCUT2D eigenvalue weighted by atomic mass is 10.2. The summed E-state index contributed by atoms with van der Waals surface area (Å²) in [4.78, 5) is 8.29. The summed E-state index contributed by atoms with van der Waals surface area (Å²) in [6.07, 6.45) is 5.52. The van der Waals surface area contributed by atoms with Crippen molar-refractivity contribution in [2.24, 2.45) is 7.05 Å². The first-order chi connectivity index (χ1) is 7.75. The average molecular weight is 217 g/mol. The van der Waals surface area contributed by atoms with Crippen molar-refractivity contribution < 1.29 is 0 Å². The van der Waals surface area contributed by atoms with Crippen LogP contribution < -0.4 is 5.32 Å². The van der Waals surface area contributed by atoms with Gasteiger partial charge < -0.3 is 5.32 Å². The zero-order chi connectivity index (χ0) is 11.4. The average Bonchev–Trinajstić information content (AvgIpc) is 2.59. The molecule has 2 aromatic heterocycles. The van der Waals surface area contributed by atoms with E-state index in [1.54, 1.807) is 12.4 Å². The first kappa shape index (κ1) is 10.8. The highest BCUT2D eigenvalue weighted by molar-refractivity contribution is 5.14. The summed E-state index contributed by atoms with van der Waals surface area (Å²) < 4.78 is 1.82. The fourth-order valence-corrected chi connectivity index (χ4v) is 1.55. The molecule has 0 atom stereocenters. The molecule has 84 valence electrons. The van der Waals surface area contributed by atoms with E-state index in [2.05, 4.69) is 20.4 Å². The second-order valence-corrected chi connectivity index (χ2v) is 3.68. The number of hydrogen-bond acceptors (Lipinski definition) is 4. The lowest BCUT2D eigenvalue weighted by molar-refractivity contribution is 0.660. The van der Waals surface area contributed by atoms with Gasteiger partial charge >= 0.3 is 0 Å². The summed E-state index contributed by atoms with van der Waals surface area (Å²) in [7, 11) is 1.93. The minimum Gasteiger partial charge on any atom is -0.306 e. The Bertz CT molecular complexity index is 449. The van der Waals surface area contributed by atoms with Crippen molar-refractivity contribution in [2.75, 3.05) is 0 Å². The molecule has 0 spiro atoms. The standard InChI is InChI=1S/C11H15N5/c1-9-10(8-16(2)15-9)6-12-7-11-13-4-3-5-14-11/h3-5,8,12H,6-7H2,1-2H3. The number of aromatic nitrogens is 4. The molecule has 0 fully saturated rings. The van der Waals surface area contributed by atoms with E-state index in [9.17, 15) is 0 Å². The lowest BCUT2D eigenvalue weighted by Gasteiger charge is -2.01. The Hall–Kier alpha value is -1.75. The maximum Gasteiger partial charge on any atom is 0.141 e. The van der Waals surface area contributed by atoms with Crippen molar-refractivity contribution in [2.45, 2.75) is 20.0 Å². The van der Waals surface area contributed by atoms with E-state index in [1.165, 1.54) is 5.56 Å². The predicted octanol–water partition coefficient (Wildman–Crippen LogP) is 0.808. The molecule has 5 nitrogen and oxygen atoms in total. The molecule has 0 bridgehead atoms. The molecule has 0 saturated carbocycles. The van der Waals surface area contributed by atoms with Crippen molar-refractivity contribution in [3.8, 4) is 0 Å². The Balaban J connectivity index is 1.87. The normalized spacial score (nSPS) is 10.6. The fourth-order valence-electron chi connectivity index (χ4n) is 1.55. The zero-order valence-corrected chi connectivity index (χ0v) is 9.51. The topological polar surface area (TPSA) is 55.6 Å². The number of aryl methyl sites for hydroxylation is 2. The molecule has 0 radical (unpaired) electrons. The highest BCUT2D eigenvalue weighted by atomic mass is 15.2. The Labute approximate surface area is 94.5 Å². The number of hydrogen-bond donors (Lipinski definition) is 1. The number of nitrogens with one attached hydrogen (secondary N) is 1. The van der Waals surface area contributed by atoms with Gasteiger partial charge in [-0.15, -0.1) is 0 Å². The molecule has 0 unspecified atom stereocenters. The van der Waals surface area contributed by atoms with E-state index < -0.39 is 0 Å². The highest BCUT2D eigenvalue weighted by Crippen LogP contribution is 2.03. The van der Waals surface area contributed by atoms with Gasteiger partial charge in [-0.3, -0.25) is 4.68 Å². The smallest absolute Gasteiger partial charge is 0.141 e. The van der Waals surface area contributed by atoms with Gasteiger partial charge in [-0.05, 0) is 13.0 Å². The van der Waals surface area contributed by atoms with Crippen LogP contribution in [0.3, 0.4) is 0 Å². The van der Waals surface area contributed by atoms with E-state index in [-0.39, 0.29) is 0 Å². The molecule has 2 aromatic rings. The molecule has 16 heavy (non-hydrogen) atoms. The van der Waals surface area contributed by atoms with E-state index in [0.717, 1.165) is 18.1 Å². The first-order valence-electron chi connectivity index (χ1n) is 5.21. The van der Waals surface area contributed by atoms with Crippen LogP contribution in [0.5, 0.6) is 0 Å². The van der Waals surface area contributed by atoms with Crippen molar-refractivity contribution >= 4 is 0 Å². The second kappa shape index (κ2) is 4.85. The minimum absolute atomic E-state index is 0.676. The van der Waals surface area contributed by atoms with Crippen molar-refractivity contribution in [1.82, 2.24) is 25.1 Å². The Morgan fingerprint density at radius 3 is 2.62 bits per heavy atom. The first-order valence-corrected chi connectivity index (χ1v) is 5.21. The summed E-state index contributed by atoms with van der Waals surface area (Å²) in [5.41, 5.74) is 2.27. The quantitative estimate of drug-likeness (QED) is 0.823. The Kier molecular flexibility index (Phi) is 3.26. The molecule has 2 heterocycles. The van der Waals surface area contributed by atoms with Gasteiger partial charge in [0.25, 0.3) is 0 Å². The molecular weight excluding hydrogens is 202 g/mol. The van der Waals surface area contributed by atoms with E-state index in [1.807, 2.05) is 30.9 Å². The SMILES string of the molecule is Cc1nn(C)cc1CNCc1ncccn1. The number of nitrogens with zero attached hydrogens (tertiary/aromatic N) is 4. The van der Waals surface area contributed by atoms with Gasteiger partial charge in [0.1, 0.15) is 5.82 Å². The summed E-state index contributed by atoms with van der Waals surface area (Å²) in [6.45, 7) is 3.48. The van der Waals surface area contributed by atoms with Crippen molar-refractivity contribution in [3.05, 3.63) is 41.7 Å². The van der Waals surface area contributed by atoms with Crippen molar-refractivity contribution in [1.29, 1.82) is 0 Å². The van der Waals surface area contributed by atoms with Crippen LogP contribution in [0.1, 0.15) is 17.1 Å². The van der Waals surface area contributed by atoms with Crippen LogP contribution in [-0.4, -0.2) is 19.7 Å². The van der Waals surface area contributed by atoms with Crippen LogP contribution in [-0.2, 0) is 20.1 Å². The largest absolute Gasteiger partial charge is 0.306 e. The molecule has 0 amide bonds. The molecule has 2 rings (SSSR count). The van der Waals surface area contributed by atoms with Crippen LogP contribution >= 0.6 is 0 Å². The maximum absolute atomic E-state index is 4.28. The maximum atomic E-state index is 4.28. The third kappa shape index (κ3) is 2.64. The van der Waals surface area contributed by atoms with Crippen LogP contribution in [0.2, 0.25) is 0 Å². The van der Waals surface area contributed by atoms with Crippen molar-refractivity contribution in [3.63, 3.8) is 0 Å². The van der Waals surface area contributed by atoms with Crippen LogP contribution in [0.4, 0.5) is 0 Å². The predicted molar refractivity (Wildman–Crippen MR) is 60.5 cm³/mol. The van der Waals surface area contributed by atoms with Gasteiger partial charge in [-0.2, -0.15) is 5.10 Å². The monoisotopic (exact) mass is 217 g/mol. The van der Waals surface area contributed by atoms with Crippen LogP contribution in [0.15, 0.2) is 24.7 Å². The van der Waals surface area contributed by atoms with E-state index >= 15 is 0 Å². The van der Waals surface area contributed by atoms with Gasteiger partial charge in [0, 0.05) is 37.7 Å². The van der Waals surface area contributed by atoms with Crippen LogP contribution in [0, 0.1) is 6.92 Å². The Morgan fingerprint density at radius 2 is 2.00 bits per heavy atom. The zero-order valence-electron chi connectivity index (χ0n) is 9.51. The molecule has 0 aliphatic heterocycles. The molecule has 0 aromatic carbocycles. The third-order valence-corrected chi connectivity index (χ3v) is 2.33. The summed E-state index contributed by atoms with van der Waals surface area (Å²) in [6, 6.07) is 1.81. The number of rotatable bonds is 4. The van der Waals surface area contributed by atoms with E-state index in [0.29, 0.717) is 6.54 Å². The fraction of sp³-hybridized carbons (Fsp3) is 0.364. The van der Waals surface area contributed by atoms with Crippen LogP contribution in [0.25, 0.3) is 0 Å². The summed E-state index contributed by atoms with van der Waals surface area (Å²) in [5, 5.41) is 7.58. The molecule has 0 aliphatic rings. The molecule has 0 saturated heterocycles. The summed E-state index contributed by atoms with van der Waals surface area (Å²) in [5.74, 6) is 0.809. The highest BCUT2D eigenvalue weighted by Gasteiger charge is 2.02. The van der Waals surface area contributed by atoms with Gasteiger partial charge in [0.15, 0.2) is 0 Å². The second-order valence-electron chi connectivity index (χ2n) is 3.68. The molecule has 0 aliphatic carbocycles. The van der Waals surface area contributed by atoms with Gasteiger partial charge in [-0.1, -0.05) is 0 Å². The van der Waals surface area contributed by atoms with Gasteiger partial charge in [-0.25, -0.2) is 9.97 Å². The Morgan fingerprint density at radius 1 is 1.25 bits per heavy atom. The molecule has 5 heteroatoms. The van der Waals surface area contributed by atoms with E-state index in [4.69, 9.17) is 0 Å². The molecular formula is C11H15N5. The summed E-state index contributed by atoms with van der Waals surface area (Å²) >= 11 is 0.